The molecule has 0 saturated heterocycles. The summed E-state index contributed by atoms with van der Waals surface area (Å²) >= 11 is 3.52. The van der Waals surface area contributed by atoms with Crippen LogP contribution in [0.2, 0.25) is 0 Å². The van der Waals surface area contributed by atoms with Crippen LogP contribution in [0.3, 0.4) is 0 Å². The second kappa shape index (κ2) is 6.24. The molecule has 19 heavy (non-hydrogen) atoms. The standard InChI is InChI=1S/C15H19BrO3/c1-15(2,3)11-9-12(16)10(8-13(11)18-4)6-7-14(17)19-5/h6-9H,1-5H3/b7-6+. The van der Waals surface area contributed by atoms with E-state index in [4.69, 9.17) is 4.74 Å². The van der Waals surface area contributed by atoms with E-state index >= 15 is 0 Å². The van der Waals surface area contributed by atoms with Crippen molar-refractivity contribution in [3.8, 4) is 5.75 Å². The van der Waals surface area contributed by atoms with Gasteiger partial charge in [-0.3, -0.25) is 0 Å². The summed E-state index contributed by atoms with van der Waals surface area (Å²) < 4.78 is 10.9. The van der Waals surface area contributed by atoms with Crippen LogP contribution in [0.5, 0.6) is 5.75 Å². The smallest absolute Gasteiger partial charge is 0.330 e. The Kier molecular flexibility index (Phi) is 5.18. The second-order valence-electron chi connectivity index (χ2n) is 5.18. The van der Waals surface area contributed by atoms with Crippen molar-refractivity contribution in [2.75, 3.05) is 14.2 Å². The van der Waals surface area contributed by atoms with Crippen molar-refractivity contribution in [3.05, 3.63) is 33.8 Å². The van der Waals surface area contributed by atoms with Gasteiger partial charge in [-0.15, -0.1) is 0 Å². The molecule has 0 atom stereocenters. The van der Waals surface area contributed by atoms with Gasteiger partial charge in [0.15, 0.2) is 0 Å². The van der Waals surface area contributed by atoms with Crippen molar-refractivity contribution in [2.45, 2.75) is 26.2 Å². The summed E-state index contributed by atoms with van der Waals surface area (Å²) in [5.41, 5.74) is 1.96. The molecular formula is C15H19BrO3. The molecule has 4 heteroatoms. The first-order chi connectivity index (χ1) is 8.79. The van der Waals surface area contributed by atoms with Gasteiger partial charge >= 0.3 is 5.97 Å². The van der Waals surface area contributed by atoms with Gasteiger partial charge in [-0.2, -0.15) is 0 Å². The van der Waals surface area contributed by atoms with Gasteiger partial charge in [-0.05, 0) is 29.2 Å². The number of methoxy groups -OCH3 is 2. The van der Waals surface area contributed by atoms with Crippen LogP contribution in [0, 0.1) is 0 Å². The highest BCUT2D eigenvalue weighted by atomic mass is 79.9. The summed E-state index contributed by atoms with van der Waals surface area (Å²) in [7, 11) is 3.00. The number of carbonyl (C=O) groups excluding carboxylic acids is 1. The van der Waals surface area contributed by atoms with Gasteiger partial charge in [0, 0.05) is 16.1 Å². The normalized spacial score (nSPS) is 11.7. The van der Waals surface area contributed by atoms with Crippen LogP contribution >= 0.6 is 15.9 Å². The van der Waals surface area contributed by atoms with Crippen molar-refractivity contribution in [1.29, 1.82) is 0 Å². The summed E-state index contributed by atoms with van der Waals surface area (Å²) in [6.45, 7) is 6.38. The lowest BCUT2D eigenvalue weighted by Gasteiger charge is -2.23. The monoisotopic (exact) mass is 326 g/mol. The van der Waals surface area contributed by atoms with E-state index in [-0.39, 0.29) is 11.4 Å². The number of hydrogen-bond acceptors (Lipinski definition) is 3. The minimum Gasteiger partial charge on any atom is -0.496 e. The fourth-order valence-corrected chi connectivity index (χ4v) is 2.15. The molecule has 0 heterocycles. The zero-order valence-electron chi connectivity index (χ0n) is 11.9. The van der Waals surface area contributed by atoms with E-state index in [1.165, 1.54) is 13.2 Å². The van der Waals surface area contributed by atoms with Crippen LogP contribution in [-0.4, -0.2) is 20.2 Å². The predicted octanol–water partition coefficient (Wildman–Crippen LogP) is 3.94. The summed E-state index contributed by atoms with van der Waals surface area (Å²) in [5, 5.41) is 0. The average Bonchev–Trinajstić information content (AvgIpc) is 2.35. The lowest BCUT2D eigenvalue weighted by Crippen LogP contribution is -2.13. The van der Waals surface area contributed by atoms with Gasteiger partial charge in [0.2, 0.25) is 0 Å². The van der Waals surface area contributed by atoms with Crippen LogP contribution in [0.1, 0.15) is 31.9 Å². The van der Waals surface area contributed by atoms with Gasteiger partial charge in [0.1, 0.15) is 5.75 Å². The third-order valence-electron chi connectivity index (χ3n) is 2.73. The highest BCUT2D eigenvalue weighted by Gasteiger charge is 2.20. The molecule has 3 nitrogen and oxygen atoms in total. The van der Waals surface area contributed by atoms with Crippen molar-refractivity contribution in [3.63, 3.8) is 0 Å². The van der Waals surface area contributed by atoms with E-state index in [0.29, 0.717) is 0 Å². The average molecular weight is 327 g/mol. The fraction of sp³-hybridized carbons (Fsp3) is 0.400. The molecule has 104 valence electrons. The molecule has 0 fully saturated rings. The van der Waals surface area contributed by atoms with E-state index in [2.05, 4.69) is 41.4 Å². The van der Waals surface area contributed by atoms with E-state index in [1.54, 1.807) is 13.2 Å². The van der Waals surface area contributed by atoms with Gasteiger partial charge in [0.05, 0.1) is 14.2 Å². The first-order valence-electron chi connectivity index (χ1n) is 5.93. The fourth-order valence-electron chi connectivity index (χ4n) is 1.68. The van der Waals surface area contributed by atoms with Gasteiger partial charge in [-0.25, -0.2) is 4.79 Å². The quantitative estimate of drug-likeness (QED) is 0.623. The van der Waals surface area contributed by atoms with Crippen LogP contribution in [-0.2, 0) is 14.9 Å². The zero-order valence-corrected chi connectivity index (χ0v) is 13.5. The van der Waals surface area contributed by atoms with E-state index in [0.717, 1.165) is 21.3 Å². The van der Waals surface area contributed by atoms with Gasteiger partial charge < -0.3 is 9.47 Å². The maximum Gasteiger partial charge on any atom is 0.330 e. The highest BCUT2D eigenvalue weighted by Crippen LogP contribution is 2.36. The number of hydrogen-bond donors (Lipinski definition) is 0. The molecule has 0 N–H and O–H groups in total. The second-order valence-corrected chi connectivity index (χ2v) is 6.03. The molecule has 0 aliphatic carbocycles. The third kappa shape index (κ3) is 4.10. The SMILES string of the molecule is COC(=O)/C=C/c1cc(OC)c(C(C)(C)C)cc1Br. The van der Waals surface area contributed by atoms with Crippen LogP contribution in [0.15, 0.2) is 22.7 Å². The van der Waals surface area contributed by atoms with Gasteiger partial charge in [-0.1, -0.05) is 36.7 Å². The van der Waals surface area contributed by atoms with Crippen molar-refractivity contribution < 1.29 is 14.3 Å². The summed E-state index contributed by atoms with van der Waals surface area (Å²) in [6, 6.07) is 3.93. The molecule has 0 aliphatic heterocycles. The number of ether oxygens (including phenoxy) is 2. The van der Waals surface area contributed by atoms with Crippen LogP contribution in [0.4, 0.5) is 0 Å². The molecule has 1 aromatic carbocycles. The molecule has 0 bridgehead atoms. The van der Waals surface area contributed by atoms with Crippen LogP contribution < -0.4 is 4.74 Å². The minimum atomic E-state index is -0.384. The summed E-state index contributed by atoms with van der Waals surface area (Å²) in [4.78, 5) is 11.1. The Balaban J connectivity index is 3.24. The first-order valence-corrected chi connectivity index (χ1v) is 6.73. The Morgan fingerprint density at radius 2 is 1.89 bits per heavy atom. The Labute approximate surface area is 122 Å². The van der Waals surface area contributed by atoms with Gasteiger partial charge in [0.25, 0.3) is 0 Å². The number of carbonyl (C=O) groups is 1. The Morgan fingerprint density at radius 3 is 2.37 bits per heavy atom. The molecule has 0 saturated carbocycles. The van der Waals surface area contributed by atoms with Crippen LogP contribution in [0.25, 0.3) is 6.08 Å². The number of halogens is 1. The zero-order chi connectivity index (χ0) is 14.6. The largest absolute Gasteiger partial charge is 0.496 e. The maximum atomic E-state index is 11.1. The Hall–Kier alpha value is -1.29. The molecule has 0 aromatic heterocycles. The van der Waals surface area contributed by atoms with Crippen molar-refractivity contribution in [2.24, 2.45) is 0 Å². The molecule has 0 unspecified atom stereocenters. The van der Waals surface area contributed by atoms with Crippen molar-refractivity contribution in [1.82, 2.24) is 0 Å². The minimum absolute atomic E-state index is 0.0154. The number of rotatable bonds is 3. The first kappa shape index (κ1) is 15.8. The van der Waals surface area contributed by atoms with Crippen molar-refractivity contribution >= 4 is 28.0 Å². The van der Waals surface area contributed by atoms with E-state index < -0.39 is 0 Å². The summed E-state index contributed by atoms with van der Waals surface area (Å²) in [5.74, 6) is 0.422. The maximum absolute atomic E-state index is 11.1. The predicted molar refractivity (Wildman–Crippen MR) is 80.4 cm³/mol. The third-order valence-corrected chi connectivity index (χ3v) is 3.41. The highest BCUT2D eigenvalue weighted by molar-refractivity contribution is 9.10. The molecule has 0 aliphatic rings. The molecule has 1 aromatic rings. The molecule has 0 amide bonds. The topological polar surface area (TPSA) is 35.5 Å². The van der Waals surface area contributed by atoms with E-state index in [1.807, 2.05) is 12.1 Å². The Bertz CT molecular complexity index is 499. The number of benzene rings is 1. The summed E-state index contributed by atoms with van der Waals surface area (Å²) in [6.07, 6.45) is 3.08. The molecule has 1 rings (SSSR count). The number of esters is 1. The Morgan fingerprint density at radius 1 is 1.26 bits per heavy atom. The molecule has 0 radical (unpaired) electrons. The lowest BCUT2D eigenvalue weighted by molar-refractivity contribution is -0.134. The molecular weight excluding hydrogens is 308 g/mol. The molecule has 0 spiro atoms. The lowest BCUT2D eigenvalue weighted by atomic mass is 9.86. The van der Waals surface area contributed by atoms with E-state index in [9.17, 15) is 4.79 Å².